The quantitative estimate of drug-likeness (QED) is 0.592. The predicted molar refractivity (Wildman–Crippen MR) is 88.2 cm³/mol. The summed E-state index contributed by atoms with van der Waals surface area (Å²) in [6.07, 6.45) is 0. The third kappa shape index (κ3) is 5.11. The van der Waals surface area contributed by atoms with Crippen LogP contribution in [0, 0.1) is 0 Å². The van der Waals surface area contributed by atoms with E-state index in [0.717, 1.165) is 9.37 Å². The minimum Gasteiger partial charge on any atom is -0.465 e. The van der Waals surface area contributed by atoms with Gasteiger partial charge in [0, 0.05) is 21.2 Å². The normalized spacial score (nSPS) is 14.1. The number of benzene rings is 1. The number of carbonyl (C=O) groups excluding carboxylic acids is 1. The van der Waals surface area contributed by atoms with E-state index in [1.165, 1.54) is 0 Å². The van der Waals surface area contributed by atoms with E-state index in [1.807, 2.05) is 52.0 Å². The fraction of sp³-hybridized carbons (Fsp3) is 0.533. The second-order valence-corrected chi connectivity index (χ2v) is 6.94. The Labute approximate surface area is 134 Å². The van der Waals surface area contributed by atoms with Gasteiger partial charge in [-0.2, -0.15) is 0 Å². The van der Waals surface area contributed by atoms with Crippen LogP contribution >= 0.6 is 27.7 Å². The Hall–Kier alpha value is -0.520. The van der Waals surface area contributed by atoms with E-state index in [4.69, 9.17) is 4.74 Å². The maximum atomic E-state index is 12.2. The van der Waals surface area contributed by atoms with E-state index in [0.29, 0.717) is 12.4 Å². The van der Waals surface area contributed by atoms with Gasteiger partial charge in [0.1, 0.15) is 5.54 Å². The van der Waals surface area contributed by atoms with Crippen molar-refractivity contribution in [2.45, 2.75) is 44.2 Å². The molecular formula is C15H22BrNO2S. The first-order chi connectivity index (χ1) is 9.39. The fourth-order valence-electron chi connectivity index (χ4n) is 1.87. The number of thioether (sulfide) groups is 1. The number of nitrogens with one attached hydrogen (secondary N) is 1. The van der Waals surface area contributed by atoms with Crippen LogP contribution in [0.3, 0.4) is 0 Å². The molecule has 5 heteroatoms. The summed E-state index contributed by atoms with van der Waals surface area (Å²) < 4.78 is 6.24. The Bertz CT molecular complexity index is 453. The molecule has 0 aliphatic rings. The molecule has 0 saturated carbocycles. The first-order valence-electron chi connectivity index (χ1n) is 6.71. The molecule has 1 N–H and O–H groups in total. The summed E-state index contributed by atoms with van der Waals surface area (Å²) in [5, 5.41) is 3.32. The number of halogens is 1. The van der Waals surface area contributed by atoms with Crippen LogP contribution in [0.15, 0.2) is 33.6 Å². The zero-order valence-corrected chi connectivity index (χ0v) is 14.8. The van der Waals surface area contributed by atoms with Crippen molar-refractivity contribution in [2.24, 2.45) is 0 Å². The predicted octanol–water partition coefficient (Wildman–Crippen LogP) is 3.86. The van der Waals surface area contributed by atoms with E-state index in [2.05, 4.69) is 21.2 Å². The van der Waals surface area contributed by atoms with Crippen LogP contribution in [0.1, 0.15) is 27.7 Å². The standard InChI is InChI=1S/C15H22BrNO2S/c1-5-19-14(18)15(4,17-11(2)3)10-20-13-9-7-6-8-12(13)16/h6-9,11,17H,5,10H2,1-4H3. The number of esters is 1. The number of rotatable bonds is 7. The summed E-state index contributed by atoms with van der Waals surface area (Å²) >= 11 is 5.17. The molecule has 0 aliphatic carbocycles. The van der Waals surface area contributed by atoms with Crippen LogP contribution < -0.4 is 5.32 Å². The highest BCUT2D eigenvalue weighted by atomic mass is 79.9. The third-order valence-electron chi connectivity index (χ3n) is 2.69. The largest absolute Gasteiger partial charge is 0.465 e. The van der Waals surface area contributed by atoms with Gasteiger partial charge in [0.2, 0.25) is 0 Å². The number of carbonyl (C=O) groups is 1. The Morgan fingerprint density at radius 3 is 2.65 bits per heavy atom. The lowest BCUT2D eigenvalue weighted by Gasteiger charge is -2.30. The van der Waals surface area contributed by atoms with Crippen LogP contribution in [0.5, 0.6) is 0 Å². The molecule has 0 aromatic heterocycles. The Balaban J connectivity index is 2.80. The molecule has 0 bridgehead atoms. The van der Waals surface area contributed by atoms with E-state index in [-0.39, 0.29) is 12.0 Å². The van der Waals surface area contributed by atoms with Gasteiger partial charge >= 0.3 is 5.97 Å². The molecule has 1 unspecified atom stereocenters. The van der Waals surface area contributed by atoms with Gasteiger partial charge < -0.3 is 4.74 Å². The molecule has 0 aliphatic heterocycles. The van der Waals surface area contributed by atoms with E-state index in [9.17, 15) is 4.79 Å². The lowest BCUT2D eigenvalue weighted by molar-refractivity contribution is -0.149. The van der Waals surface area contributed by atoms with Crippen molar-refractivity contribution in [3.8, 4) is 0 Å². The van der Waals surface area contributed by atoms with Crippen molar-refractivity contribution < 1.29 is 9.53 Å². The van der Waals surface area contributed by atoms with Gasteiger partial charge in [-0.25, -0.2) is 0 Å². The average molecular weight is 360 g/mol. The summed E-state index contributed by atoms with van der Waals surface area (Å²) in [4.78, 5) is 13.3. The second-order valence-electron chi connectivity index (χ2n) is 5.07. The van der Waals surface area contributed by atoms with Crippen LogP contribution in [0.4, 0.5) is 0 Å². The summed E-state index contributed by atoms with van der Waals surface area (Å²) in [6.45, 7) is 8.18. The van der Waals surface area contributed by atoms with Crippen molar-refractivity contribution >= 4 is 33.7 Å². The zero-order valence-electron chi connectivity index (χ0n) is 12.4. The lowest BCUT2D eigenvalue weighted by atomic mass is 10.0. The summed E-state index contributed by atoms with van der Waals surface area (Å²) in [6, 6.07) is 8.22. The minimum atomic E-state index is -0.690. The minimum absolute atomic E-state index is 0.201. The van der Waals surface area contributed by atoms with Gasteiger partial charge in [-0.3, -0.25) is 10.1 Å². The molecular weight excluding hydrogens is 338 g/mol. The second kappa shape index (κ2) is 8.05. The Morgan fingerprint density at radius 1 is 1.45 bits per heavy atom. The van der Waals surface area contributed by atoms with Gasteiger partial charge in [0.25, 0.3) is 0 Å². The van der Waals surface area contributed by atoms with Crippen LogP contribution in [-0.4, -0.2) is 29.9 Å². The highest BCUT2D eigenvalue weighted by Gasteiger charge is 2.35. The van der Waals surface area contributed by atoms with Crippen LogP contribution in [0.2, 0.25) is 0 Å². The molecule has 3 nitrogen and oxygen atoms in total. The molecule has 1 atom stereocenters. The summed E-state index contributed by atoms with van der Waals surface area (Å²) in [5.41, 5.74) is -0.690. The topological polar surface area (TPSA) is 38.3 Å². The van der Waals surface area contributed by atoms with Gasteiger partial charge in [-0.15, -0.1) is 11.8 Å². The van der Waals surface area contributed by atoms with E-state index in [1.54, 1.807) is 11.8 Å². The van der Waals surface area contributed by atoms with Crippen molar-refractivity contribution in [2.75, 3.05) is 12.4 Å². The van der Waals surface area contributed by atoms with Gasteiger partial charge in [0.05, 0.1) is 6.61 Å². The van der Waals surface area contributed by atoms with Crippen LogP contribution in [-0.2, 0) is 9.53 Å². The smallest absolute Gasteiger partial charge is 0.326 e. The molecule has 0 radical (unpaired) electrons. The van der Waals surface area contributed by atoms with Gasteiger partial charge in [-0.1, -0.05) is 12.1 Å². The molecule has 0 fully saturated rings. The molecule has 1 aromatic carbocycles. The van der Waals surface area contributed by atoms with Crippen LogP contribution in [0.25, 0.3) is 0 Å². The molecule has 0 saturated heterocycles. The maximum absolute atomic E-state index is 12.2. The van der Waals surface area contributed by atoms with Crippen molar-refractivity contribution in [3.63, 3.8) is 0 Å². The summed E-state index contributed by atoms with van der Waals surface area (Å²) in [7, 11) is 0. The van der Waals surface area contributed by atoms with Gasteiger partial charge in [0.15, 0.2) is 0 Å². The van der Waals surface area contributed by atoms with Gasteiger partial charge in [-0.05, 0) is 55.8 Å². The lowest BCUT2D eigenvalue weighted by Crippen LogP contribution is -2.55. The van der Waals surface area contributed by atoms with Crippen molar-refractivity contribution in [3.05, 3.63) is 28.7 Å². The number of hydrogen-bond acceptors (Lipinski definition) is 4. The first-order valence-corrected chi connectivity index (χ1v) is 8.49. The monoisotopic (exact) mass is 359 g/mol. The molecule has 0 heterocycles. The first kappa shape index (κ1) is 17.5. The molecule has 0 spiro atoms. The number of hydrogen-bond donors (Lipinski definition) is 1. The SMILES string of the molecule is CCOC(=O)C(C)(CSc1ccccc1Br)NC(C)C. The third-order valence-corrected chi connectivity index (χ3v) is 5.03. The molecule has 0 amide bonds. The van der Waals surface area contributed by atoms with Crippen molar-refractivity contribution in [1.82, 2.24) is 5.32 Å². The summed E-state index contributed by atoms with van der Waals surface area (Å²) in [5.74, 6) is 0.417. The molecule has 112 valence electrons. The van der Waals surface area contributed by atoms with E-state index < -0.39 is 5.54 Å². The fourth-order valence-corrected chi connectivity index (χ4v) is 3.53. The maximum Gasteiger partial charge on any atom is 0.326 e. The molecule has 1 rings (SSSR count). The highest BCUT2D eigenvalue weighted by molar-refractivity contribution is 9.10. The Morgan fingerprint density at radius 2 is 2.10 bits per heavy atom. The number of ether oxygens (including phenoxy) is 1. The Kier molecular flexibility index (Phi) is 7.06. The highest BCUT2D eigenvalue weighted by Crippen LogP contribution is 2.30. The molecule has 20 heavy (non-hydrogen) atoms. The van der Waals surface area contributed by atoms with Crippen molar-refractivity contribution in [1.29, 1.82) is 0 Å². The average Bonchev–Trinajstić information content (AvgIpc) is 2.37. The zero-order chi connectivity index (χ0) is 15.2. The van der Waals surface area contributed by atoms with E-state index >= 15 is 0 Å². The molecule has 1 aromatic rings.